The molecular weight excluding hydrogens is 249 g/mol. The van der Waals surface area contributed by atoms with E-state index >= 15 is 0 Å². The largest absolute Gasteiger partial charge is 0.508 e. The molecule has 4 N–H and O–H groups in total. The summed E-state index contributed by atoms with van der Waals surface area (Å²) in [4.78, 5) is 0. The first-order valence-corrected chi connectivity index (χ1v) is 5.23. The van der Waals surface area contributed by atoms with Crippen LogP contribution in [-0.4, -0.2) is 16.3 Å². The number of aromatic hydroxyl groups is 1. The zero-order chi connectivity index (χ0) is 11.6. The van der Waals surface area contributed by atoms with Crippen molar-refractivity contribution in [1.29, 1.82) is 0 Å². The average molecular weight is 266 g/mol. The Morgan fingerprint density at radius 1 is 1.31 bits per heavy atom. The molecule has 0 amide bonds. The Morgan fingerprint density at radius 3 is 2.38 bits per heavy atom. The summed E-state index contributed by atoms with van der Waals surface area (Å²) in [6.45, 7) is 3.73. The van der Waals surface area contributed by atoms with E-state index in [-0.39, 0.29) is 24.1 Å². The van der Waals surface area contributed by atoms with Crippen LogP contribution in [0.5, 0.6) is 5.75 Å². The standard InChI is InChI=1S/C11H16ClNO2.ClH/c1-6(2)11(15)10(13)8-5-7(12)3-4-9(8)14;/h3-6,10-11,14-15H,13H2,1-2H3;1H/t10-,11+;/m1./s1. The van der Waals surface area contributed by atoms with Crippen LogP contribution in [0.1, 0.15) is 25.5 Å². The SMILES string of the molecule is CC(C)[C@H](O)[C@H](N)c1cc(Cl)ccc1O.Cl. The van der Waals surface area contributed by atoms with Crippen LogP contribution in [-0.2, 0) is 0 Å². The van der Waals surface area contributed by atoms with Crippen LogP contribution in [0, 0.1) is 5.92 Å². The van der Waals surface area contributed by atoms with E-state index in [4.69, 9.17) is 17.3 Å². The number of phenols is 1. The predicted molar refractivity (Wildman–Crippen MR) is 68.1 cm³/mol. The molecule has 1 aromatic carbocycles. The highest BCUT2D eigenvalue weighted by Gasteiger charge is 2.22. The molecule has 0 aliphatic carbocycles. The molecule has 5 heteroatoms. The topological polar surface area (TPSA) is 66.5 Å². The second kappa shape index (κ2) is 6.30. The first kappa shape index (κ1) is 15.5. The number of halogens is 2. The van der Waals surface area contributed by atoms with Gasteiger partial charge in [0.2, 0.25) is 0 Å². The molecule has 0 unspecified atom stereocenters. The van der Waals surface area contributed by atoms with Gasteiger partial charge in [0.15, 0.2) is 0 Å². The van der Waals surface area contributed by atoms with E-state index < -0.39 is 12.1 Å². The van der Waals surface area contributed by atoms with Crippen molar-refractivity contribution in [2.24, 2.45) is 11.7 Å². The van der Waals surface area contributed by atoms with Gasteiger partial charge in [-0.05, 0) is 24.1 Å². The molecule has 1 aromatic rings. The van der Waals surface area contributed by atoms with E-state index in [2.05, 4.69) is 0 Å². The van der Waals surface area contributed by atoms with E-state index in [1.165, 1.54) is 6.07 Å². The normalized spacial score (nSPS) is 14.4. The van der Waals surface area contributed by atoms with Gasteiger partial charge in [-0.3, -0.25) is 0 Å². The van der Waals surface area contributed by atoms with Crippen LogP contribution < -0.4 is 5.73 Å². The van der Waals surface area contributed by atoms with Crippen LogP contribution in [0.25, 0.3) is 0 Å². The van der Waals surface area contributed by atoms with Crippen molar-refractivity contribution >= 4 is 24.0 Å². The van der Waals surface area contributed by atoms with Crippen molar-refractivity contribution in [2.75, 3.05) is 0 Å². The maximum atomic E-state index is 9.78. The number of phenolic OH excluding ortho intramolecular Hbond substituents is 1. The smallest absolute Gasteiger partial charge is 0.120 e. The zero-order valence-electron chi connectivity index (χ0n) is 9.22. The summed E-state index contributed by atoms with van der Waals surface area (Å²) < 4.78 is 0. The Bertz CT molecular complexity index is 345. The summed E-state index contributed by atoms with van der Waals surface area (Å²) in [6, 6.07) is 4.01. The molecule has 0 saturated carbocycles. The van der Waals surface area contributed by atoms with Crippen molar-refractivity contribution in [3.05, 3.63) is 28.8 Å². The van der Waals surface area contributed by atoms with Crippen molar-refractivity contribution < 1.29 is 10.2 Å². The van der Waals surface area contributed by atoms with Gasteiger partial charge in [0.25, 0.3) is 0 Å². The van der Waals surface area contributed by atoms with Gasteiger partial charge in [0.05, 0.1) is 12.1 Å². The highest BCUT2D eigenvalue weighted by molar-refractivity contribution is 6.30. The predicted octanol–water partition coefficient (Wildman–Crippen LogP) is 2.48. The Labute approximate surface area is 107 Å². The van der Waals surface area contributed by atoms with Crippen LogP contribution >= 0.6 is 24.0 Å². The van der Waals surface area contributed by atoms with E-state index in [0.717, 1.165) is 0 Å². The Kier molecular flexibility index (Phi) is 6.11. The van der Waals surface area contributed by atoms with Gasteiger partial charge in [-0.15, -0.1) is 12.4 Å². The zero-order valence-corrected chi connectivity index (χ0v) is 10.8. The van der Waals surface area contributed by atoms with Crippen LogP contribution in [0.15, 0.2) is 18.2 Å². The maximum absolute atomic E-state index is 9.78. The number of nitrogens with two attached hydrogens (primary N) is 1. The minimum Gasteiger partial charge on any atom is -0.508 e. The van der Waals surface area contributed by atoms with Crippen molar-refractivity contribution in [3.8, 4) is 5.75 Å². The van der Waals surface area contributed by atoms with Crippen molar-refractivity contribution in [2.45, 2.75) is 26.0 Å². The van der Waals surface area contributed by atoms with Gasteiger partial charge in [-0.25, -0.2) is 0 Å². The first-order chi connectivity index (χ1) is 6.93. The molecule has 0 radical (unpaired) electrons. The minimum absolute atomic E-state index is 0. The molecule has 0 aromatic heterocycles. The second-order valence-electron chi connectivity index (χ2n) is 3.96. The van der Waals surface area contributed by atoms with Gasteiger partial charge in [0.1, 0.15) is 5.75 Å². The molecule has 1 rings (SSSR count). The second-order valence-corrected chi connectivity index (χ2v) is 4.40. The van der Waals surface area contributed by atoms with Gasteiger partial charge in [-0.2, -0.15) is 0 Å². The van der Waals surface area contributed by atoms with Gasteiger partial charge < -0.3 is 15.9 Å². The molecule has 0 heterocycles. The summed E-state index contributed by atoms with van der Waals surface area (Å²) in [5.41, 5.74) is 6.32. The summed E-state index contributed by atoms with van der Waals surface area (Å²) >= 11 is 5.80. The van der Waals surface area contributed by atoms with E-state index in [0.29, 0.717) is 10.6 Å². The van der Waals surface area contributed by atoms with Gasteiger partial charge >= 0.3 is 0 Å². The van der Waals surface area contributed by atoms with E-state index in [1.54, 1.807) is 12.1 Å². The molecule has 0 fully saturated rings. The fourth-order valence-electron chi connectivity index (χ4n) is 1.39. The minimum atomic E-state index is -0.700. The average Bonchev–Trinajstić information content (AvgIpc) is 2.19. The Balaban J connectivity index is 0.00000225. The van der Waals surface area contributed by atoms with Gasteiger partial charge in [-0.1, -0.05) is 25.4 Å². The van der Waals surface area contributed by atoms with Crippen LogP contribution in [0.4, 0.5) is 0 Å². The van der Waals surface area contributed by atoms with Crippen LogP contribution in [0.2, 0.25) is 5.02 Å². The molecule has 92 valence electrons. The maximum Gasteiger partial charge on any atom is 0.120 e. The Morgan fingerprint density at radius 2 is 1.88 bits per heavy atom. The summed E-state index contributed by atoms with van der Waals surface area (Å²) in [5.74, 6) is 0.0879. The number of hydrogen-bond acceptors (Lipinski definition) is 3. The molecule has 0 saturated heterocycles. The third-order valence-electron chi connectivity index (χ3n) is 2.40. The van der Waals surface area contributed by atoms with Gasteiger partial charge in [0, 0.05) is 10.6 Å². The lowest BCUT2D eigenvalue weighted by molar-refractivity contribution is 0.0970. The quantitative estimate of drug-likeness (QED) is 0.787. The van der Waals surface area contributed by atoms with Crippen molar-refractivity contribution in [3.63, 3.8) is 0 Å². The lowest BCUT2D eigenvalue weighted by Crippen LogP contribution is -2.30. The monoisotopic (exact) mass is 265 g/mol. The van der Waals surface area contributed by atoms with E-state index in [1.807, 2.05) is 13.8 Å². The third-order valence-corrected chi connectivity index (χ3v) is 2.63. The highest BCUT2D eigenvalue weighted by atomic mass is 35.5. The van der Waals surface area contributed by atoms with Crippen molar-refractivity contribution in [1.82, 2.24) is 0 Å². The van der Waals surface area contributed by atoms with Crippen LogP contribution in [0.3, 0.4) is 0 Å². The molecule has 2 atom stereocenters. The number of hydrogen-bond donors (Lipinski definition) is 3. The molecule has 16 heavy (non-hydrogen) atoms. The number of aliphatic hydroxyl groups excluding tert-OH is 1. The van der Waals surface area contributed by atoms with E-state index in [9.17, 15) is 10.2 Å². The molecule has 0 aliphatic heterocycles. The summed E-state index contributed by atoms with van der Waals surface area (Å²) in [6.07, 6.45) is -0.700. The lowest BCUT2D eigenvalue weighted by atomic mass is 9.94. The lowest BCUT2D eigenvalue weighted by Gasteiger charge is -2.23. The first-order valence-electron chi connectivity index (χ1n) is 4.85. The fourth-order valence-corrected chi connectivity index (χ4v) is 1.57. The summed E-state index contributed by atoms with van der Waals surface area (Å²) in [7, 11) is 0. The number of aliphatic hydroxyl groups is 1. The molecule has 0 spiro atoms. The highest BCUT2D eigenvalue weighted by Crippen LogP contribution is 2.29. The molecule has 3 nitrogen and oxygen atoms in total. The summed E-state index contributed by atoms with van der Waals surface area (Å²) in [5, 5.41) is 19.9. The molecular formula is C11H17Cl2NO2. The Hall–Kier alpha value is -0.480. The number of benzene rings is 1. The third kappa shape index (κ3) is 3.52. The fraction of sp³-hybridized carbons (Fsp3) is 0.455. The number of rotatable bonds is 3. The molecule has 0 aliphatic rings. The molecule has 0 bridgehead atoms.